The van der Waals surface area contributed by atoms with E-state index in [0.717, 1.165) is 22.4 Å². The Morgan fingerprint density at radius 3 is 2.72 bits per heavy atom. The molecule has 4 aromatic rings. The van der Waals surface area contributed by atoms with Crippen molar-refractivity contribution in [3.63, 3.8) is 0 Å². The number of hydrazine groups is 1. The average molecular weight is 448 g/mol. The van der Waals surface area contributed by atoms with Crippen LogP contribution in [0.15, 0.2) is 66.3 Å². The Morgan fingerprint density at radius 2 is 1.91 bits per heavy atom. The molecule has 0 fully saturated rings. The Hall–Kier alpha value is -3.98. The minimum Gasteiger partial charge on any atom is -0.483 e. The van der Waals surface area contributed by atoms with Crippen molar-refractivity contribution in [3.8, 4) is 22.0 Å². The molecule has 0 atom stereocenters. The Morgan fingerprint density at radius 1 is 1.09 bits per heavy atom. The molecule has 0 aliphatic carbocycles. The Balaban J connectivity index is 1.32. The molecule has 4 rings (SSSR count). The monoisotopic (exact) mass is 447 g/mol. The second-order valence-corrected chi connectivity index (χ2v) is 7.97. The van der Waals surface area contributed by atoms with Crippen LogP contribution in [0.5, 0.6) is 5.75 Å². The van der Waals surface area contributed by atoms with E-state index in [1.807, 2.05) is 68.6 Å². The van der Waals surface area contributed by atoms with E-state index in [4.69, 9.17) is 4.74 Å². The highest BCUT2D eigenvalue weighted by Gasteiger charge is 2.14. The number of nitrogens with one attached hydrogen (secondary N) is 2. The lowest BCUT2D eigenvalue weighted by Crippen LogP contribution is -2.44. The van der Waals surface area contributed by atoms with Crippen molar-refractivity contribution in [2.75, 3.05) is 6.61 Å². The summed E-state index contributed by atoms with van der Waals surface area (Å²) in [6.45, 7) is 3.63. The molecular weight excluding hydrogens is 426 g/mol. The van der Waals surface area contributed by atoms with E-state index in [-0.39, 0.29) is 12.3 Å². The molecule has 0 radical (unpaired) electrons. The fourth-order valence-corrected chi connectivity index (χ4v) is 3.67. The van der Waals surface area contributed by atoms with Crippen molar-refractivity contribution in [2.45, 2.75) is 13.8 Å². The third-order valence-corrected chi connectivity index (χ3v) is 5.50. The van der Waals surface area contributed by atoms with Crippen LogP contribution >= 0.6 is 11.3 Å². The van der Waals surface area contributed by atoms with Crippen LogP contribution in [0.25, 0.3) is 16.3 Å². The van der Waals surface area contributed by atoms with E-state index in [1.54, 1.807) is 16.3 Å². The molecule has 2 heterocycles. The molecule has 0 saturated carbocycles. The number of amides is 2. The van der Waals surface area contributed by atoms with Crippen LogP contribution in [-0.4, -0.2) is 33.2 Å². The van der Waals surface area contributed by atoms with Crippen LogP contribution < -0.4 is 15.6 Å². The topological polar surface area (TPSA) is 98.1 Å². The third kappa shape index (κ3) is 5.01. The number of carbonyl (C=O) groups is 2. The molecule has 2 amide bonds. The molecule has 0 unspecified atom stereocenters. The van der Waals surface area contributed by atoms with Crippen molar-refractivity contribution in [1.29, 1.82) is 0 Å². The van der Waals surface area contributed by atoms with Crippen LogP contribution in [0.4, 0.5) is 0 Å². The van der Waals surface area contributed by atoms with Gasteiger partial charge < -0.3 is 4.74 Å². The zero-order valence-electron chi connectivity index (χ0n) is 17.5. The molecule has 0 spiro atoms. The van der Waals surface area contributed by atoms with Gasteiger partial charge in [-0.15, -0.1) is 11.3 Å². The first kappa shape index (κ1) is 21.3. The molecule has 2 aromatic heterocycles. The molecule has 0 saturated heterocycles. The summed E-state index contributed by atoms with van der Waals surface area (Å²) < 4.78 is 7.27. The smallest absolute Gasteiger partial charge is 0.289 e. The molecule has 0 aliphatic rings. The van der Waals surface area contributed by atoms with Crippen LogP contribution in [0.3, 0.4) is 0 Å². The quantitative estimate of drug-likeness (QED) is 0.441. The second-order valence-electron chi connectivity index (χ2n) is 7.11. The summed E-state index contributed by atoms with van der Waals surface area (Å²) in [4.78, 5) is 28.7. The summed E-state index contributed by atoms with van der Waals surface area (Å²) in [6.07, 6.45) is 3.54. The van der Waals surface area contributed by atoms with Gasteiger partial charge in [0.1, 0.15) is 16.5 Å². The highest BCUT2D eigenvalue weighted by Crippen LogP contribution is 2.24. The predicted octanol–water partition coefficient (Wildman–Crippen LogP) is 3.45. The SMILES string of the molecule is Cc1ccc(C)c(OCC(=O)NNC(=O)c2csc(-c3cnn(-c4ccccc4)c3)n2)c1. The number of benzene rings is 2. The van der Waals surface area contributed by atoms with E-state index >= 15 is 0 Å². The number of ether oxygens (including phenoxy) is 1. The summed E-state index contributed by atoms with van der Waals surface area (Å²) in [7, 11) is 0. The summed E-state index contributed by atoms with van der Waals surface area (Å²) in [5.74, 6) is -0.353. The third-order valence-electron chi connectivity index (χ3n) is 4.60. The van der Waals surface area contributed by atoms with Crippen molar-refractivity contribution < 1.29 is 14.3 Å². The average Bonchev–Trinajstić information content (AvgIpc) is 3.48. The number of nitrogens with zero attached hydrogens (tertiary/aromatic N) is 3. The number of carbonyl (C=O) groups excluding carboxylic acids is 2. The van der Waals surface area contributed by atoms with Gasteiger partial charge in [0, 0.05) is 17.1 Å². The lowest BCUT2D eigenvalue weighted by atomic mass is 10.1. The van der Waals surface area contributed by atoms with Crippen molar-refractivity contribution >= 4 is 23.2 Å². The van der Waals surface area contributed by atoms with Crippen molar-refractivity contribution in [2.24, 2.45) is 0 Å². The number of rotatable bonds is 6. The maximum Gasteiger partial charge on any atom is 0.289 e. The van der Waals surface area contributed by atoms with Crippen LogP contribution in [0, 0.1) is 13.8 Å². The van der Waals surface area contributed by atoms with Gasteiger partial charge in [0.2, 0.25) is 0 Å². The largest absolute Gasteiger partial charge is 0.483 e. The van der Waals surface area contributed by atoms with Gasteiger partial charge in [-0.1, -0.05) is 30.3 Å². The van der Waals surface area contributed by atoms with Crippen LogP contribution in [-0.2, 0) is 4.79 Å². The zero-order valence-corrected chi connectivity index (χ0v) is 18.3. The minimum atomic E-state index is -0.511. The molecule has 9 heteroatoms. The minimum absolute atomic E-state index is 0.202. The molecule has 0 aliphatic heterocycles. The Kier molecular flexibility index (Phi) is 6.27. The first-order valence-corrected chi connectivity index (χ1v) is 10.7. The summed E-state index contributed by atoms with van der Waals surface area (Å²) in [5, 5.41) is 6.63. The summed E-state index contributed by atoms with van der Waals surface area (Å²) >= 11 is 1.32. The van der Waals surface area contributed by atoms with Gasteiger partial charge in [0.15, 0.2) is 6.61 Å². The van der Waals surface area contributed by atoms with E-state index < -0.39 is 11.8 Å². The molecule has 32 heavy (non-hydrogen) atoms. The van der Waals surface area contributed by atoms with Gasteiger partial charge in [-0.2, -0.15) is 5.10 Å². The van der Waals surface area contributed by atoms with Crippen molar-refractivity contribution in [3.05, 3.63) is 83.1 Å². The van der Waals surface area contributed by atoms with Gasteiger partial charge in [0.25, 0.3) is 11.8 Å². The molecule has 0 bridgehead atoms. The maximum absolute atomic E-state index is 12.4. The number of hydrogen-bond donors (Lipinski definition) is 2. The van der Waals surface area contributed by atoms with Gasteiger partial charge in [0.05, 0.1) is 11.9 Å². The zero-order chi connectivity index (χ0) is 22.5. The summed E-state index contributed by atoms with van der Waals surface area (Å²) in [6, 6.07) is 15.5. The van der Waals surface area contributed by atoms with Gasteiger partial charge in [-0.05, 0) is 43.2 Å². The van der Waals surface area contributed by atoms with Gasteiger partial charge in [-0.25, -0.2) is 9.67 Å². The van der Waals surface area contributed by atoms with Crippen molar-refractivity contribution in [1.82, 2.24) is 25.6 Å². The molecule has 2 aromatic carbocycles. The number of para-hydroxylation sites is 1. The predicted molar refractivity (Wildman–Crippen MR) is 122 cm³/mol. The normalized spacial score (nSPS) is 10.6. The molecule has 8 nitrogen and oxygen atoms in total. The number of thiazole rings is 1. The molecular formula is C23H21N5O3S. The fourth-order valence-electron chi connectivity index (χ4n) is 2.90. The highest BCUT2D eigenvalue weighted by atomic mass is 32.1. The first-order chi connectivity index (χ1) is 15.5. The van der Waals surface area contributed by atoms with Gasteiger partial charge in [-0.3, -0.25) is 20.4 Å². The Labute approximate surface area is 188 Å². The number of hydrogen-bond acceptors (Lipinski definition) is 6. The summed E-state index contributed by atoms with van der Waals surface area (Å²) in [5.41, 5.74) is 8.60. The second kappa shape index (κ2) is 9.44. The molecule has 2 N–H and O–H groups in total. The van der Waals surface area contributed by atoms with Crippen LogP contribution in [0.1, 0.15) is 21.6 Å². The standard InChI is InChI=1S/C23H21N5O3S/c1-15-8-9-16(2)20(10-15)31-13-21(29)26-27-22(30)19-14-32-23(25-19)17-11-24-28(12-17)18-6-4-3-5-7-18/h3-12,14H,13H2,1-2H3,(H,26,29)(H,27,30). The van der Waals surface area contributed by atoms with Crippen LogP contribution in [0.2, 0.25) is 0 Å². The van der Waals surface area contributed by atoms with E-state index in [0.29, 0.717) is 10.8 Å². The van der Waals surface area contributed by atoms with Gasteiger partial charge >= 0.3 is 0 Å². The maximum atomic E-state index is 12.4. The number of aromatic nitrogens is 3. The first-order valence-electron chi connectivity index (χ1n) is 9.85. The fraction of sp³-hybridized carbons (Fsp3) is 0.130. The Bertz CT molecular complexity index is 1250. The van der Waals surface area contributed by atoms with E-state index in [9.17, 15) is 9.59 Å². The number of aryl methyl sites for hydroxylation is 2. The van der Waals surface area contributed by atoms with E-state index in [1.165, 1.54) is 11.3 Å². The lowest BCUT2D eigenvalue weighted by molar-refractivity contribution is -0.123. The van der Waals surface area contributed by atoms with E-state index in [2.05, 4.69) is 20.9 Å². The lowest BCUT2D eigenvalue weighted by Gasteiger charge is -2.10. The molecule has 162 valence electrons. The highest BCUT2D eigenvalue weighted by molar-refractivity contribution is 7.13.